The minimum atomic E-state index is -3.29. The van der Waals surface area contributed by atoms with Gasteiger partial charge in [0, 0.05) is 19.1 Å². The van der Waals surface area contributed by atoms with Gasteiger partial charge in [0.05, 0.1) is 6.26 Å². The first-order valence-electron chi connectivity index (χ1n) is 5.88. The van der Waals surface area contributed by atoms with E-state index in [0.29, 0.717) is 6.42 Å². The molecule has 19 heavy (non-hydrogen) atoms. The van der Waals surface area contributed by atoms with Crippen LogP contribution in [0.4, 0.5) is 4.79 Å². The number of carbonyl (C=O) groups is 2. The number of aliphatic carboxylic acids is 1. The Kier molecular flexibility index (Phi) is 7.38. The van der Waals surface area contributed by atoms with Crippen LogP contribution in [0.2, 0.25) is 0 Å². The highest BCUT2D eigenvalue weighted by Gasteiger charge is 2.21. The summed E-state index contributed by atoms with van der Waals surface area (Å²) >= 11 is 0. The first-order valence-corrected chi connectivity index (χ1v) is 7.77. The Morgan fingerprint density at radius 1 is 1.32 bits per heavy atom. The number of sulfonamides is 1. The number of rotatable bonds is 8. The molecule has 0 aliphatic carbocycles. The van der Waals surface area contributed by atoms with E-state index in [4.69, 9.17) is 5.11 Å². The molecule has 0 aromatic heterocycles. The number of hydrogen-bond donors (Lipinski definition) is 3. The lowest BCUT2D eigenvalue weighted by molar-refractivity contribution is -0.138. The Morgan fingerprint density at radius 2 is 1.89 bits per heavy atom. The minimum absolute atomic E-state index is 0.0615. The molecule has 0 spiro atoms. The molecule has 0 aromatic rings. The first-order chi connectivity index (χ1) is 8.67. The van der Waals surface area contributed by atoms with Gasteiger partial charge in [0.2, 0.25) is 10.0 Å². The summed E-state index contributed by atoms with van der Waals surface area (Å²) < 4.78 is 23.8. The van der Waals surface area contributed by atoms with Gasteiger partial charge < -0.3 is 15.3 Å². The topological polar surface area (TPSA) is 116 Å². The zero-order valence-electron chi connectivity index (χ0n) is 11.3. The van der Waals surface area contributed by atoms with Crippen molar-refractivity contribution in [2.75, 3.05) is 25.9 Å². The fraction of sp³-hybridized carbons (Fsp3) is 0.800. The van der Waals surface area contributed by atoms with E-state index in [2.05, 4.69) is 10.0 Å². The SMILES string of the molecule is CCC(C)N(CC(=O)O)C(=O)NCCNS(C)(=O)=O. The largest absolute Gasteiger partial charge is 0.480 e. The Hall–Kier alpha value is -1.35. The van der Waals surface area contributed by atoms with Crippen molar-refractivity contribution in [2.45, 2.75) is 26.3 Å². The molecule has 0 saturated carbocycles. The lowest BCUT2D eigenvalue weighted by Gasteiger charge is -2.27. The van der Waals surface area contributed by atoms with Crippen LogP contribution < -0.4 is 10.0 Å². The van der Waals surface area contributed by atoms with Crippen molar-refractivity contribution in [3.63, 3.8) is 0 Å². The maximum absolute atomic E-state index is 11.8. The van der Waals surface area contributed by atoms with Gasteiger partial charge in [-0.25, -0.2) is 17.9 Å². The van der Waals surface area contributed by atoms with Crippen LogP contribution in [0.3, 0.4) is 0 Å². The average molecular weight is 295 g/mol. The molecule has 0 aromatic carbocycles. The minimum Gasteiger partial charge on any atom is -0.480 e. The number of nitrogens with one attached hydrogen (secondary N) is 2. The zero-order chi connectivity index (χ0) is 15.1. The van der Waals surface area contributed by atoms with Crippen LogP contribution >= 0.6 is 0 Å². The summed E-state index contributed by atoms with van der Waals surface area (Å²) in [4.78, 5) is 23.7. The molecule has 0 radical (unpaired) electrons. The third-order valence-electron chi connectivity index (χ3n) is 2.45. The molecule has 1 atom stereocenters. The van der Waals surface area contributed by atoms with Crippen molar-refractivity contribution in [3.8, 4) is 0 Å². The number of carboxylic acid groups (broad SMARTS) is 1. The summed E-state index contributed by atoms with van der Waals surface area (Å²) in [6.07, 6.45) is 1.65. The summed E-state index contributed by atoms with van der Waals surface area (Å²) in [5, 5.41) is 11.2. The lowest BCUT2D eigenvalue weighted by atomic mass is 10.2. The van der Waals surface area contributed by atoms with Crippen molar-refractivity contribution in [2.24, 2.45) is 0 Å². The number of amides is 2. The summed E-state index contributed by atoms with van der Waals surface area (Å²) in [5.74, 6) is -1.09. The maximum Gasteiger partial charge on any atom is 0.323 e. The number of carboxylic acids is 1. The standard InChI is InChI=1S/C10H21N3O5S/c1-4-8(2)13(7-9(14)15)10(16)11-5-6-12-19(3,17)18/h8,12H,4-7H2,1-3H3,(H,11,16)(H,14,15). The lowest BCUT2D eigenvalue weighted by Crippen LogP contribution is -2.48. The van der Waals surface area contributed by atoms with Crippen LogP contribution in [0.25, 0.3) is 0 Å². The van der Waals surface area contributed by atoms with E-state index in [0.717, 1.165) is 6.26 Å². The molecule has 0 aliphatic heterocycles. The second kappa shape index (κ2) is 7.95. The van der Waals surface area contributed by atoms with E-state index in [-0.39, 0.29) is 25.7 Å². The molecule has 0 rings (SSSR count). The Labute approximate surface area is 113 Å². The van der Waals surface area contributed by atoms with E-state index in [1.165, 1.54) is 4.90 Å². The highest BCUT2D eigenvalue weighted by atomic mass is 32.2. The molecule has 112 valence electrons. The second-order valence-electron chi connectivity index (χ2n) is 4.18. The van der Waals surface area contributed by atoms with Gasteiger partial charge in [-0.1, -0.05) is 6.92 Å². The van der Waals surface area contributed by atoms with Gasteiger partial charge in [-0.15, -0.1) is 0 Å². The third kappa shape index (κ3) is 8.38. The van der Waals surface area contributed by atoms with Crippen LogP contribution in [0.1, 0.15) is 20.3 Å². The van der Waals surface area contributed by atoms with Crippen LogP contribution in [0, 0.1) is 0 Å². The summed E-state index contributed by atoms with van der Waals surface area (Å²) in [5.41, 5.74) is 0. The van der Waals surface area contributed by atoms with Crippen LogP contribution in [0.15, 0.2) is 0 Å². The van der Waals surface area contributed by atoms with Gasteiger partial charge in [-0.05, 0) is 13.3 Å². The normalized spacial score (nSPS) is 12.8. The van der Waals surface area contributed by atoms with Crippen molar-refractivity contribution >= 4 is 22.0 Å². The van der Waals surface area contributed by atoms with E-state index < -0.39 is 22.0 Å². The highest BCUT2D eigenvalue weighted by molar-refractivity contribution is 7.88. The van der Waals surface area contributed by atoms with Crippen LogP contribution in [0.5, 0.6) is 0 Å². The van der Waals surface area contributed by atoms with Crippen LogP contribution in [-0.2, 0) is 14.8 Å². The monoisotopic (exact) mass is 295 g/mol. The molecule has 0 heterocycles. The van der Waals surface area contributed by atoms with Gasteiger partial charge in [0.25, 0.3) is 0 Å². The van der Waals surface area contributed by atoms with Crippen molar-refractivity contribution in [1.29, 1.82) is 0 Å². The fourth-order valence-corrected chi connectivity index (χ4v) is 1.77. The van der Waals surface area contributed by atoms with Crippen molar-refractivity contribution in [1.82, 2.24) is 14.9 Å². The Balaban J connectivity index is 4.29. The van der Waals surface area contributed by atoms with Gasteiger partial charge >= 0.3 is 12.0 Å². The first kappa shape index (κ1) is 17.6. The molecule has 2 amide bonds. The average Bonchev–Trinajstić information content (AvgIpc) is 2.29. The zero-order valence-corrected chi connectivity index (χ0v) is 12.2. The fourth-order valence-electron chi connectivity index (χ4n) is 1.30. The van der Waals surface area contributed by atoms with E-state index >= 15 is 0 Å². The molecular formula is C10H21N3O5S. The maximum atomic E-state index is 11.8. The summed E-state index contributed by atoms with van der Waals surface area (Å²) in [7, 11) is -3.29. The van der Waals surface area contributed by atoms with E-state index in [9.17, 15) is 18.0 Å². The number of urea groups is 1. The molecule has 3 N–H and O–H groups in total. The number of nitrogens with zero attached hydrogens (tertiary/aromatic N) is 1. The van der Waals surface area contributed by atoms with Gasteiger partial charge in [-0.2, -0.15) is 0 Å². The molecule has 1 unspecified atom stereocenters. The molecule has 0 bridgehead atoms. The van der Waals surface area contributed by atoms with Crippen molar-refractivity contribution in [3.05, 3.63) is 0 Å². The predicted octanol–water partition coefficient (Wildman–Crippen LogP) is -0.570. The highest BCUT2D eigenvalue weighted by Crippen LogP contribution is 2.03. The van der Waals surface area contributed by atoms with E-state index in [1.807, 2.05) is 6.92 Å². The van der Waals surface area contributed by atoms with Gasteiger partial charge in [0.15, 0.2) is 0 Å². The van der Waals surface area contributed by atoms with Gasteiger partial charge in [-0.3, -0.25) is 4.79 Å². The molecule has 8 nitrogen and oxygen atoms in total. The Bertz CT molecular complexity index is 409. The molecular weight excluding hydrogens is 274 g/mol. The van der Waals surface area contributed by atoms with E-state index in [1.54, 1.807) is 6.92 Å². The second-order valence-corrected chi connectivity index (χ2v) is 6.01. The number of hydrogen-bond acceptors (Lipinski definition) is 4. The molecule has 0 saturated heterocycles. The van der Waals surface area contributed by atoms with Crippen molar-refractivity contribution < 1.29 is 23.1 Å². The summed E-state index contributed by atoms with van der Waals surface area (Å²) in [6.45, 7) is 3.36. The van der Waals surface area contributed by atoms with Crippen LogP contribution in [-0.4, -0.2) is 62.4 Å². The molecule has 0 fully saturated rings. The van der Waals surface area contributed by atoms with Gasteiger partial charge in [0.1, 0.15) is 6.54 Å². The summed E-state index contributed by atoms with van der Waals surface area (Å²) in [6, 6.07) is -0.731. The smallest absolute Gasteiger partial charge is 0.323 e. The quantitative estimate of drug-likeness (QED) is 0.519. The predicted molar refractivity (Wildman–Crippen MR) is 70.3 cm³/mol. The third-order valence-corrected chi connectivity index (χ3v) is 3.18. The molecule has 0 aliphatic rings. The molecule has 9 heteroatoms. The Morgan fingerprint density at radius 3 is 2.32 bits per heavy atom. The number of carbonyl (C=O) groups excluding carboxylic acids is 1.